The smallest absolute Gasteiger partial charge is 0.306 e. The maximum atomic E-state index is 12.1. The summed E-state index contributed by atoms with van der Waals surface area (Å²) in [5.41, 5.74) is 0.740. The van der Waals surface area contributed by atoms with Crippen LogP contribution in [0.25, 0.3) is 0 Å². The van der Waals surface area contributed by atoms with Gasteiger partial charge in [-0.2, -0.15) is 0 Å². The molecule has 116 valence electrons. The first-order chi connectivity index (χ1) is 10.7. The van der Waals surface area contributed by atoms with Crippen molar-refractivity contribution in [3.63, 3.8) is 0 Å². The zero-order valence-electron chi connectivity index (χ0n) is 12.8. The minimum Gasteiger partial charge on any atom is -0.456 e. The number of aromatic nitrogens is 1. The molecule has 4 nitrogen and oxygen atoms in total. The van der Waals surface area contributed by atoms with Gasteiger partial charge in [-0.15, -0.1) is 0 Å². The number of allylic oxidation sites excluding steroid dienone is 3. The number of rotatable bonds is 7. The molecule has 0 amide bonds. The molecule has 0 spiro atoms. The summed E-state index contributed by atoms with van der Waals surface area (Å²) < 4.78 is 5.61. The zero-order chi connectivity index (χ0) is 15.8. The summed E-state index contributed by atoms with van der Waals surface area (Å²) >= 11 is 0. The second-order valence-corrected chi connectivity index (χ2v) is 5.33. The van der Waals surface area contributed by atoms with Crippen LogP contribution in [0.4, 0.5) is 0 Å². The molecule has 0 saturated heterocycles. The lowest BCUT2D eigenvalue weighted by Gasteiger charge is -2.24. The highest BCUT2D eigenvalue weighted by molar-refractivity contribution is 5.95. The van der Waals surface area contributed by atoms with Crippen molar-refractivity contribution >= 4 is 11.8 Å². The van der Waals surface area contributed by atoms with Crippen LogP contribution in [0.1, 0.15) is 44.3 Å². The molecule has 0 bridgehead atoms. The van der Waals surface area contributed by atoms with Gasteiger partial charge in [0.1, 0.15) is 6.10 Å². The molecule has 1 aliphatic rings. The molecular weight excluding hydrogens is 278 g/mol. The van der Waals surface area contributed by atoms with Crippen LogP contribution in [0.5, 0.6) is 0 Å². The number of ether oxygens (including phenoxy) is 1. The lowest BCUT2D eigenvalue weighted by atomic mass is 9.89. The summed E-state index contributed by atoms with van der Waals surface area (Å²) in [7, 11) is 0. The SMILES string of the molecule is CCCCCC(=O)OC(c1cccnc1)C1C=CC=CC1=O. The normalized spacial score (nSPS) is 18.2. The molecule has 0 saturated carbocycles. The molecule has 4 heteroatoms. The third-order valence-electron chi connectivity index (χ3n) is 3.60. The van der Waals surface area contributed by atoms with Crippen LogP contribution in [0, 0.1) is 5.92 Å². The molecule has 0 aromatic carbocycles. The summed E-state index contributed by atoms with van der Waals surface area (Å²) in [4.78, 5) is 28.2. The van der Waals surface area contributed by atoms with E-state index < -0.39 is 12.0 Å². The van der Waals surface area contributed by atoms with Crippen molar-refractivity contribution in [2.75, 3.05) is 0 Å². The van der Waals surface area contributed by atoms with Gasteiger partial charge in [0.2, 0.25) is 0 Å². The second-order valence-electron chi connectivity index (χ2n) is 5.33. The molecule has 0 fully saturated rings. The molecule has 1 aliphatic carbocycles. The van der Waals surface area contributed by atoms with Crippen molar-refractivity contribution in [2.45, 2.75) is 38.7 Å². The summed E-state index contributed by atoms with van der Waals surface area (Å²) in [5.74, 6) is -0.805. The van der Waals surface area contributed by atoms with Crippen LogP contribution in [-0.2, 0) is 14.3 Å². The predicted molar refractivity (Wildman–Crippen MR) is 84.0 cm³/mol. The number of hydrogen-bond acceptors (Lipinski definition) is 4. The van der Waals surface area contributed by atoms with Crippen molar-refractivity contribution in [3.8, 4) is 0 Å². The third-order valence-corrected chi connectivity index (χ3v) is 3.60. The maximum Gasteiger partial charge on any atom is 0.306 e. The Balaban J connectivity index is 2.12. The molecule has 1 aromatic rings. The van der Waals surface area contributed by atoms with Crippen LogP contribution in [0.3, 0.4) is 0 Å². The average Bonchev–Trinajstić information content (AvgIpc) is 2.54. The quantitative estimate of drug-likeness (QED) is 0.570. The largest absolute Gasteiger partial charge is 0.456 e. The number of hydrogen-bond donors (Lipinski definition) is 0. The van der Waals surface area contributed by atoms with Crippen molar-refractivity contribution in [1.82, 2.24) is 4.98 Å². The fourth-order valence-electron chi connectivity index (χ4n) is 2.40. The van der Waals surface area contributed by atoms with Gasteiger partial charge >= 0.3 is 5.97 Å². The summed E-state index contributed by atoms with van der Waals surface area (Å²) in [6.45, 7) is 2.08. The third kappa shape index (κ3) is 4.38. The van der Waals surface area contributed by atoms with Gasteiger partial charge in [-0.1, -0.05) is 44.1 Å². The van der Waals surface area contributed by atoms with E-state index in [0.717, 1.165) is 24.8 Å². The number of esters is 1. The topological polar surface area (TPSA) is 56.3 Å². The van der Waals surface area contributed by atoms with E-state index in [2.05, 4.69) is 11.9 Å². The predicted octanol–water partition coefficient (Wildman–Crippen LogP) is 3.56. The van der Waals surface area contributed by atoms with Crippen LogP contribution in [0.15, 0.2) is 48.8 Å². The van der Waals surface area contributed by atoms with Gasteiger partial charge in [0.05, 0.1) is 5.92 Å². The summed E-state index contributed by atoms with van der Waals surface area (Å²) in [6, 6.07) is 3.61. The number of ketones is 1. The highest BCUT2D eigenvalue weighted by Crippen LogP contribution is 2.30. The van der Waals surface area contributed by atoms with Gasteiger partial charge in [-0.05, 0) is 18.6 Å². The molecule has 1 aromatic heterocycles. The van der Waals surface area contributed by atoms with Crippen LogP contribution in [0.2, 0.25) is 0 Å². The Bertz CT molecular complexity index is 563. The van der Waals surface area contributed by atoms with E-state index in [1.54, 1.807) is 36.7 Å². The van der Waals surface area contributed by atoms with Crippen molar-refractivity contribution in [2.24, 2.45) is 5.92 Å². The van der Waals surface area contributed by atoms with E-state index in [1.165, 1.54) is 6.08 Å². The molecule has 2 unspecified atom stereocenters. The number of carbonyl (C=O) groups excluding carboxylic acids is 2. The molecular formula is C18H21NO3. The molecule has 2 rings (SSSR count). The van der Waals surface area contributed by atoms with Gasteiger partial charge in [0.25, 0.3) is 0 Å². The standard InChI is InChI=1S/C18H21NO3/c1-2-3-4-11-17(21)22-18(14-8-7-12-19-13-14)15-9-5-6-10-16(15)20/h5-10,12-13,15,18H,2-4,11H2,1H3. The van der Waals surface area contributed by atoms with E-state index in [-0.39, 0.29) is 11.8 Å². The first-order valence-corrected chi connectivity index (χ1v) is 7.70. The van der Waals surface area contributed by atoms with Crippen LogP contribution >= 0.6 is 0 Å². The van der Waals surface area contributed by atoms with Gasteiger partial charge in [-0.25, -0.2) is 0 Å². The Morgan fingerprint density at radius 1 is 1.36 bits per heavy atom. The Kier molecular flexibility index (Phi) is 6.07. The van der Waals surface area contributed by atoms with Crippen molar-refractivity contribution in [3.05, 3.63) is 54.4 Å². The van der Waals surface area contributed by atoms with Crippen LogP contribution in [-0.4, -0.2) is 16.7 Å². The molecule has 0 aliphatic heterocycles. The van der Waals surface area contributed by atoms with E-state index in [1.807, 2.05) is 6.07 Å². The van der Waals surface area contributed by atoms with E-state index in [9.17, 15) is 9.59 Å². The number of nitrogens with zero attached hydrogens (tertiary/aromatic N) is 1. The summed E-state index contributed by atoms with van der Waals surface area (Å²) in [5, 5.41) is 0. The number of carbonyl (C=O) groups is 2. The van der Waals surface area contributed by atoms with Gasteiger partial charge < -0.3 is 4.74 Å². The number of pyridine rings is 1. The fraction of sp³-hybridized carbons (Fsp3) is 0.389. The lowest BCUT2D eigenvalue weighted by molar-refractivity contribution is -0.152. The molecule has 0 N–H and O–H groups in total. The monoisotopic (exact) mass is 299 g/mol. The molecule has 2 atom stereocenters. The van der Waals surface area contributed by atoms with Gasteiger partial charge in [0, 0.05) is 24.4 Å². The Morgan fingerprint density at radius 3 is 2.91 bits per heavy atom. The minimum absolute atomic E-state index is 0.0577. The Morgan fingerprint density at radius 2 is 2.23 bits per heavy atom. The minimum atomic E-state index is -0.614. The van der Waals surface area contributed by atoms with Gasteiger partial charge in [-0.3, -0.25) is 14.6 Å². The molecule has 22 heavy (non-hydrogen) atoms. The molecule has 1 heterocycles. The lowest BCUT2D eigenvalue weighted by Crippen LogP contribution is -2.25. The second kappa shape index (κ2) is 8.27. The molecule has 0 radical (unpaired) electrons. The summed E-state index contributed by atoms with van der Waals surface area (Å²) in [6.07, 6.45) is 12.7. The maximum absolute atomic E-state index is 12.1. The highest BCUT2D eigenvalue weighted by Gasteiger charge is 2.30. The zero-order valence-corrected chi connectivity index (χ0v) is 12.8. The highest BCUT2D eigenvalue weighted by atomic mass is 16.5. The van der Waals surface area contributed by atoms with Gasteiger partial charge in [0.15, 0.2) is 5.78 Å². The van der Waals surface area contributed by atoms with Crippen molar-refractivity contribution < 1.29 is 14.3 Å². The Hall–Kier alpha value is -2.23. The van der Waals surface area contributed by atoms with E-state index in [4.69, 9.17) is 4.74 Å². The Labute approximate surface area is 130 Å². The van der Waals surface area contributed by atoms with E-state index in [0.29, 0.717) is 6.42 Å². The number of unbranched alkanes of at least 4 members (excludes halogenated alkanes) is 2. The average molecular weight is 299 g/mol. The first-order valence-electron chi connectivity index (χ1n) is 7.70. The van der Waals surface area contributed by atoms with E-state index >= 15 is 0 Å². The van der Waals surface area contributed by atoms with Crippen LogP contribution < -0.4 is 0 Å². The first kappa shape index (κ1) is 16.1. The fourth-order valence-corrected chi connectivity index (χ4v) is 2.40. The van der Waals surface area contributed by atoms with Crippen molar-refractivity contribution in [1.29, 1.82) is 0 Å².